The van der Waals surface area contributed by atoms with E-state index in [0.717, 1.165) is 37.3 Å². The first-order valence-corrected chi connectivity index (χ1v) is 6.73. The molecule has 0 aromatic carbocycles. The van der Waals surface area contributed by atoms with Crippen molar-refractivity contribution in [3.63, 3.8) is 0 Å². The van der Waals surface area contributed by atoms with Gasteiger partial charge in [-0.15, -0.1) is 0 Å². The summed E-state index contributed by atoms with van der Waals surface area (Å²) < 4.78 is 0. The molecule has 4 nitrogen and oxygen atoms in total. The second kappa shape index (κ2) is 7.21. The number of hydrogen-bond acceptors (Lipinski definition) is 4. The summed E-state index contributed by atoms with van der Waals surface area (Å²) in [5, 5.41) is 16.1. The zero-order valence-corrected chi connectivity index (χ0v) is 11.7. The minimum atomic E-state index is -0.0335. The van der Waals surface area contributed by atoms with Crippen LogP contribution in [0.1, 0.15) is 33.6 Å². The highest BCUT2D eigenvalue weighted by Gasteiger charge is 2.24. The maximum atomic E-state index is 9.53. The summed E-state index contributed by atoms with van der Waals surface area (Å²) in [5.41, 5.74) is 1.98. The molecule has 0 unspecified atom stereocenters. The Bertz CT molecular complexity index is 342. The molecule has 102 valence electrons. The number of rotatable bonds is 8. The molecule has 0 saturated heterocycles. The van der Waals surface area contributed by atoms with Crippen LogP contribution in [0.2, 0.25) is 0 Å². The fraction of sp³-hybridized carbons (Fsp3) is 0.643. The summed E-state index contributed by atoms with van der Waals surface area (Å²) in [4.78, 5) is 4.19. The van der Waals surface area contributed by atoms with Crippen molar-refractivity contribution >= 4 is 11.4 Å². The first-order chi connectivity index (χ1) is 8.69. The largest absolute Gasteiger partial charge is 0.396 e. The van der Waals surface area contributed by atoms with Gasteiger partial charge < -0.3 is 15.7 Å². The van der Waals surface area contributed by atoms with Crippen LogP contribution < -0.4 is 10.6 Å². The molecule has 1 aromatic heterocycles. The minimum absolute atomic E-state index is 0.0335. The summed E-state index contributed by atoms with van der Waals surface area (Å²) in [6.45, 7) is 8.17. The van der Waals surface area contributed by atoms with E-state index in [4.69, 9.17) is 0 Å². The van der Waals surface area contributed by atoms with Crippen molar-refractivity contribution < 1.29 is 5.11 Å². The van der Waals surface area contributed by atoms with Gasteiger partial charge in [0.1, 0.15) is 0 Å². The van der Waals surface area contributed by atoms with Crippen molar-refractivity contribution in [3.8, 4) is 0 Å². The van der Waals surface area contributed by atoms with Gasteiger partial charge in [0.15, 0.2) is 0 Å². The lowest BCUT2D eigenvalue weighted by Gasteiger charge is -2.30. The summed E-state index contributed by atoms with van der Waals surface area (Å²) in [5.74, 6) is 0. The van der Waals surface area contributed by atoms with Gasteiger partial charge in [0.2, 0.25) is 0 Å². The van der Waals surface area contributed by atoms with Gasteiger partial charge in [0.25, 0.3) is 0 Å². The van der Waals surface area contributed by atoms with Gasteiger partial charge in [0.05, 0.1) is 30.4 Å². The average Bonchev–Trinajstić information content (AvgIpc) is 2.42. The standard InChI is InChI=1S/C14H25N3O/c1-4-14(5-2,11-18)10-17-13-7-12(16-6-3)8-15-9-13/h7-9,16-18H,4-6,10-11H2,1-3H3. The second-order valence-electron chi connectivity index (χ2n) is 4.71. The molecule has 0 saturated carbocycles. The van der Waals surface area contributed by atoms with Gasteiger partial charge >= 0.3 is 0 Å². The topological polar surface area (TPSA) is 57.2 Å². The lowest BCUT2D eigenvalue weighted by molar-refractivity contribution is 0.127. The number of aromatic nitrogens is 1. The Balaban J connectivity index is 2.64. The van der Waals surface area contributed by atoms with Gasteiger partial charge in [-0.05, 0) is 25.8 Å². The average molecular weight is 251 g/mol. The highest BCUT2D eigenvalue weighted by Crippen LogP contribution is 2.26. The zero-order valence-electron chi connectivity index (χ0n) is 11.7. The van der Waals surface area contributed by atoms with Crippen LogP contribution in [0.4, 0.5) is 11.4 Å². The molecule has 4 heteroatoms. The van der Waals surface area contributed by atoms with Crippen molar-refractivity contribution in [3.05, 3.63) is 18.5 Å². The van der Waals surface area contributed by atoms with Gasteiger partial charge in [-0.3, -0.25) is 4.98 Å². The Hall–Kier alpha value is -1.29. The molecule has 0 radical (unpaired) electrons. The number of aliphatic hydroxyl groups is 1. The Morgan fingerprint density at radius 2 is 1.72 bits per heavy atom. The lowest BCUT2D eigenvalue weighted by atomic mass is 9.83. The molecule has 0 aliphatic carbocycles. The van der Waals surface area contributed by atoms with E-state index < -0.39 is 0 Å². The molecule has 0 atom stereocenters. The van der Waals surface area contributed by atoms with Crippen molar-refractivity contribution in [2.24, 2.45) is 5.41 Å². The fourth-order valence-corrected chi connectivity index (χ4v) is 1.91. The van der Waals surface area contributed by atoms with E-state index in [2.05, 4.69) is 36.4 Å². The highest BCUT2D eigenvalue weighted by atomic mass is 16.3. The quantitative estimate of drug-likeness (QED) is 0.665. The van der Waals surface area contributed by atoms with Gasteiger partial charge in [0, 0.05) is 18.5 Å². The predicted molar refractivity (Wildman–Crippen MR) is 77.0 cm³/mol. The van der Waals surface area contributed by atoms with Crippen LogP contribution >= 0.6 is 0 Å². The molecule has 0 aliphatic heterocycles. The summed E-state index contributed by atoms with van der Waals surface area (Å²) >= 11 is 0. The van der Waals surface area contributed by atoms with E-state index in [0.29, 0.717) is 0 Å². The van der Waals surface area contributed by atoms with Crippen molar-refractivity contribution in [2.75, 3.05) is 30.3 Å². The molecule has 3 N–H and O–H groups in total. The molecular formula is C14H25N3O. The maximum Gasteiger partial charge on any atom is 0.0547 e. The van der Waals surface area contributed by atoms with Gasteiger partial charge in [-0.25, -0.2) is 0 Å². The van der Waals surface area contributed by atoms with Crippen molar-refractivity contribution in [2.45, 2.75) is 33.6 Å². The number of hydrogen-bond donors (Lipinski definition) is 3. The van der Waals surface area contributed by atoms with E-state index >= 15 is 0 Å². The van der Waals surface area contributed by atoms with Crippen LogP contribution in [0, 0.1) is 5.41 Å². The minimum Gasteiger partial charge on any atom is -0.396 e. The molecule has 0 spiro atoms. The highest BCUT2D eigenvalue weighted by molar-refractivity contribution is 5.53. The Kier molecular flexibility index (Phi) is 5.92. The van der Waals surface area contributed by atoms with Crippen LogP contribution in [0.5, 0.6) is 0 Å². The lowest BCUT2D eigenvalue weighted by Crippen LogP contribution is -2.32. The van der Waals surface area contributed by atoms with E-state index in [-0.39, 0.29) is 12.0 Å². The Morgan fingerprint density at radius 1 is 1.11 bits per heavy atom. The molecule has 1 aromatic rings. The van der Waals surface area contributed by atoms with Crippen molar-refractivity contribution in [1.82, 2.24) is 4.98 Å². The number of nitrogens with zero attached hydrogens (tertiary/aromatic N) is 1. The van der Waals surface area contributed by atoms with Crippen LogP contribution in [-0.4, -0.2) is 29.8 Å². The monoisotopic (exact) mass is 251 g/mol. The summed E-state index contributed by atoms with van der Waals surface area (Å²) in [6, 6.07) is 2.05. The van der Waals surface area contributed by atoms with E-state index in [1.807, 2.05) is 18.5 Å². The Morgan fingerprint density at radius 3 is 2.22 bits per heavy atom. The first kappa shape index (κ1) is 14.8. The maximum absolute atomic E-state index is 9.53. The molecule has 1 heterocycles. The predicted octanol–water partition coefficient (Wildman–Crippen LogP) is 2.72. The number of nitrogens with one attached hydrogen (secondary N) is 2. The smallest absolute Gasteiger partial charge is 0.0547 e. The second-order valence-corrected chi connectivity index (χ2v) is 4.71. The van der Waals surface area contributed by atoms with Crippen molar-refractivity contribution in [1.29, 1.82) is 0 Å². The number of aliphatic hydroxyl groups excluding tert-OH is 1. The van der Waals surface area contributed by atoms with Gasteiger partial charge in [-0.2, -0.15) is 0 Å². The first-order valence-electron chi connectivity index (χ1n) is 6.73. The molecule has 0 bridgehead atoms. The SMILES string of the molecule is CCNc1cncc(NCC(CC)(CC)CO)c1. The normalized spacial score (nSPS) is 11.3. The zero-order chi connectivity index (χ0) is 13.4. The molecule has 1 rings (SSSR count). The third-order valence-electron chi connectivity index (χ3n) is 3.62. The number of anilines is 2. The summed E-state index contributed by atoms with van der Waals surface area (Å²) in [6.07, 6.45) is 5.56. The molecule has 0 amide bonds. The van der Waals surface area contributed by atoms with Crippen LogP contribution in [0.15, 0.2) is 18.5 Å². The third kappa shape index (κ3) is 3.88. The molecular weight excluding hydrogens is 226 g/mol. The molecule has 0 fully saturated rings. The van der Waals surface area contributed by atoms with Crippen LogP contribution in [-0.2, 0) is 0 Å². The molecule has 18 heavy (non-hydrogen) atoms. The third-order valence-corrected chi connectivity index (χ3v) is 3.62. The Labute approximate surface area is 110 Å². The van der Waals surface area contributed by atoms with Crippen LogP contribution in [0.25, 0.3) is 0 Å². The molecule has 0 aliphatic rings. The summed E-state index contributed by atoms with van der Waals surface area (Å²) in [7, 11) is 0. The van der Waals surface area contributed by atoms with Crippen LogP contribution in [0.3, 0.4) is 0 Å². The fourth-order valence-electron chi connectivity index (χ4n) is 1.91. The van der Waals surface area contributed by atoms with Gasteiger partial charge in [-0.1, -0.05) is 13.8 Å². The number of pyridine rings is 1. The van der Waals surface area contributed by atoms with E-state index in [9.17, 15) is 5.11 Å². The van der Waals surface area contributed by atoms with E-state index in [1.165, 1.54) is 0 Å². The van der Waals surface area contributed by atoms with E-state index in [1.54, 1.807) is 0 Å².